The van der Waals surface area contributed by atoms with Gasteiger partial charge in [-0.05, 0) is 56.2 Å². The van der Waals surface area contributed by atoms with E-state index in [0.29, 0.717) is 11.1 Å². The molecule has 1 aromatic heterocycles. The Kier molecular flexibility index (Phi) is 4.13. The number of rotatable bonds is 4. The van der Waals surface area contributed by atoms with E-state index in [4.69, 9.17) is 4.74 Å². The van der Waals surface area contributed by atoms with E-state index in [1.165, 1.54) is 12.8 Å². The molecule has 1 spiro atoms. The maximum atomic E-state index is 12.6. The minimum absolute atomic E-state index is 0.00614. The zero-order valence-corrected chi connectivity index (χ0v) is 15.3. The van der Waals surface area contributed by atoms with Gasteiger partial charge in [0.2, 0.25) is 5.91 Å². The van der Waals surface area contributed by atoms with Gasteiger partial charge >= 0.3 is 0 Å². The van der Waals surface area contributed by atoms with Crippen LogP contribution < -0.4 is 10.1 Å². The number of nitrogens with zero attached hydrogens (tertiary/aromatic N) is 1. The Morgan fingerprint density at radius 1 is 1.19 bits per heavy atom. The van der Waals surface area contributed by atoms with Gasteiger partial charge in [-0.2, -0.15) is 0 Å². The van der Waals surface area contributed by atoms with Crippen LogP contribution in [0.1, 0.15) is 43.1 Å². The molecule has 2 fully saturated rings. The normalized spacial score (nSPS) is 19.4. The minimum Gasteiger partial charge on any atom is -0.497 e. The second kappa shape index (κ2) is 6.34. The third kappa shape index (κ3) is 3.16. The number of amides is 2. The summed E-state index contributed by atoms with van der Waals surface area (Å²) in [4.78, 5) is 30.2. The van der Waals surface area contributed by atoms with Gasteiger partial charge in [0.15, 0.2) is 0 Å². The number of hydrogen-bond acceptors (Lipinski definition) is 3. The molecule has 4 rings (SSSR count). The number of fused-ring (bicyclic) bond motifs is 1. The van der Waals surface area contributed by atoms with E-state index >= 15 is 0 Å². The zero-order chi connectivity index (χ0) is 18.3. The Morgan fingerprint density at radius 3 is 2.58 bits per heavy atom. The number of hydrogen-bond donors (Lipinski definition) is 2. The van der Waals surface area contributed by atoms with E-state index in [-0.39, 0.29) is 11.8 Å². The summed E-state index contributed by atoms with van der Waals surface area (Å²) in [5, 5.41) is 3.76. The summed E-state index contributed by atoms with van der Waals surface area (Å²) in [6.07, 6.45) is 4.82. The molecule has 2 amide bonds. The largest absolute Gasteiger partial charge is 0.497 e. The number of carbonyl (C=O) groups excluding carboxylic acids is 2. The Morgan fingerprint density at radius 2 is 1.92 bits per heavy atom. The maximum Gasteiger partial charge on any atom is 0.268 e. The van der Waals surface area contributed by atoms with Crippen LogP contribution >= 0.6 is 0 Å². The second-order valence-corrected chi connectivity index (χ2v) is 7.66. The lowest BCUT2D eigenvalue weighted by Crippen LogP contribution is -2.49. The Hall–Kier alpha value is -2.50. The first-order valence-electron chi connectivity index (χ1n) is 9.26. The lowest BCUT2D eigenvalue weighted by molar-refractivity contribution is -0.134. The molecule has 1 saturated heterocycles. The van der Waals surface area contributed by atoms with Gasteiger partial charge in [-0.1, -0.05) is 0 Å². The molecule has 6 heteroatoms. The molecule has 0 bridgehead atoms. The molecule has 2 aliphatic rings. The van der Waals surface area contributed by atoms with E-state index in [9.17, 15) is 9.59 Å². The molecule has 2 N–H and O–H groups in total. The number of piperidine rings is 1. The molecule has 1 aromatic carbocycles. The monoisotopic (exact) mass is 355 g/mol. The molecule has 6 nitrogen and oxygen atoms in total. The van der Waals surface area contributed by atoms with Gasteiger partial charge in [0.1, 0.15) is 17.5 Å². The highest BCUT2D eigenvalue weighted by Gasteiger charge is 2.45. The molecule has 1 aliphatic carbocycles. The summed E-state index contributed by atoms with van der Waals surface area (Å²) in [5.74, 6) is 0.469. The fourth-order valence-corrected chi connectivity index (χ4v) is 3.84. The van der Waals surface area contributed by atoms with Crippen LogP contribution in [0.4, 0.5) is 0 Å². The highest BCUT2D eigenvalue weighted by atomic mass is 16.5. The van der Waals surface area contributed by atoms with Gasteiger partial charge < -0.3 is 19.9 Å². The molecule has 2 heterocycles. The lowest BCUT2D eigenvalue weighted by atomic mass is 9.93. The van der Waals surface area contributed by atoms with E-state index in [0.717, 1.165) is 42.6 Å². The van der Waals surface area contributed by atoms with Crippen molar-refractivity contribution in [1.29, 1.82) is 0 Å². The fraction of sp³-hybridized carbons (Fsp3) is 0.500. The summed E-state index contributed by atoms with van der Waals surface area (Å²) < 4.78 is 5.20. The van der Waals surface area contributed by atoms with Crippen LogP contribution in [0.3, 0.4) is 0 Å². The van der Waals surface area contributed by atoms with Crippen LogP contribution in [0.15, 0.2) is 24.3 Å². The van der Waals surface area contributed by atoms with Crippen molar-refractivity contribution in [3.05, 3.63) is 30.0 Å². The smallest absolute Gasteiger partial charge is 0.268 e. The number of carbonyl (C=O) groups is 2. The van der Waals surface area contributed by atoms with Gasteiger partial charge in [0.25, 0.3) is 5.91 Å². The molecule has 0 radical (unpaired) electrons. The number of aromatic amines is 1. The highest BCUT2D eigenvalue weighted by Crippen LogP contribution is 2.53. The van der Waals surface area contributed by atoms with Gasteiger partial charge in [-0.15, -0.1) is 0 Å². The van der Waals surface area contributed by atoms with E-state index in [2.05, 4.69) is 10.3 Å². The first-order chi connectivity index (χ1) is 12.5. The van der Waals surface area contributed by atoms with Crippen molar-refractivity contribution in [1.82, 2.24) is 15.2 Å². The predicted molar refractivity (Wildman–Crippen MR) is 99.3 cm³/mol. The second-order valence-electron chi connectivity index (χ2n) is 7.66. The molecule has 1 saturated carbocycles. The molecule has 0 unspecified atom stereocenters. The Balaban J connectivity index is 1.39. The van der Waals surface area contributed by atoms with Crippen molar-refractivity contribution < 1.29 is 14.3 Å². The van der Waals surface area contributed by atoms with Crippen molar-refractivity contribution in [2.45, 2.75) is 38.6 Å². The third-order valence-corrected chi connectivity index (χ3v) is 5.89. The molecular weight excluding hydrogens is 330 g/mol. The van der Waals surface area contributed by atoms with Gasteiger partial charge in [0, 0.05) is 30.1 Å². The SMILES string of the molecule is COc1ccc2cc(C(=O)N[C@@H](C)C(=O)N3CCC4(CC3)CC4)[nH]c2c1. The van der Waals surface area contributed by atoms with Crippen LogP contribution in [-0.2, 0) is 4.79 Å². The zero-order valence-electron chi connectivity index (χ0n) is 15.3. The fourth-order valence-electron chi connectivity index (χ4n) is 3.84. The summed E-state index contributed by atoms with van der Waals surface area (Å²) in [6.45, 7) is 3.38. The van der Waals surface area contributed by atoms with Crippen molar-refractivity contribution in [3.8, 4) is 5.75 Å². The van der Waals surface area contributed by atoms with Gasteiger partial charge in [-0.3, -0.25) is 9.59 Å². The topological polar surface area (TPSA) is 74.4 Å². The van der Waals surface area contributed by atoms with Crippen LogP contribution in [-0.4, -0.2) is 47.9 Å². The molecule has 2 aromatic rings. The minimum atomic E-state index is -0.531. The van der Waals surface area contributed by atoms with Crippen LogP contribution in [0.25, 0.3) is 10.9 Å². The summed E-state index contributed by atoms with van der Waals surface area (Å²) >= 11 is 0. The van der Waals surface area contributed by atoms with Crippen LogP contribution in [0, 0.1) is 5.41 Å². The maximum absolute atomic E-state index is 12.6. The van der Waals surface area contributed by atoms with E-state index in [1.54, 1.807) is 20.1 Å². The van der Waals surface area contributed by atoms with Gasteiger partial charge in [-0.25, -0.2) is 0 Å². The number of ether oxygens (including phenoxy) is 1. The highest BCUT2D eigenvalue weighted by molar-refractivity contribution is 6.00. The van der Waals surface area contributed by atoms with Crippen LogP contribution in [0.5, 0.6) is 5.75 Å². The number of aromatic nitrogens is 1. The number of likely N-dealkylation sites (tertiary alicyclic amines) is 1. The Labute approximate surface area is 152 Å². The number of nitrogens with one attached hydrogen (secondary N) is 2. The molecule has 26 heavy (non-hydrogen) atoms. The van der Waals surface area contributed by atoms with Crippen molar-refractivity contribution >= 4 is 22.7 Å². The number of benzene rings is 1. The standard InChI is InChI=1S/C20H25N3O3/c1-13(19(25)23-9-7-20(5-6-20)8-10-23)21-18(24)17-11-14-3-4-15(26-2)12-16(14)22-17/h3-4,11-13,22H,5-10H2,1-2H3,(H,21,24)/t13-/m0/s1. The third-order valence-electron chi connectivity index (χ3n) is 5.89. The van der Waals surface area contributed by atoms with Crippen molar-refractivity contribution in [3.63, 3.8) is 0 Å². The average Bonchev–Trinajstić information content (AvgIpc) is 3.26. The Bertz CT molecular complexity index is 843. The molecule has 1 aliphatic heterocycles. The summed E-state index contributed by atoms with van der Waals surface area (Å²) in [5.41, 5.74) is 1.82. The quantitative estimate of drug-likeness (QED) is 0.885. The van der Waals surface area contributed by atoms with Crippen LogP contribution in [0.2, 0.25) is 0 Å². The van der Waals surface area contributed by atoms with E-state index < -0.39 is 6.04 Å². The first kappa shape index (κ1) is 16.9. The molecular formula is C20H25N3O3. The lowest BCUT2D eigenvalue weighted by Gasteiger charge is -2.33. The summed E-state index contributed by atoms with van der Waals surface area (Å²) in [7, 11) is 1.61. The molecule has 138 valence electrons. The molecule has 1 atom stereocenters. The van der Waals surface area contributed by atoms with Crippen molar-refractivity contribution in [2.24, 2.45) is 5.41 Å². The predicted octanol–water partition coefficient (Wildman–Crippen LogP) is 2.70. The summed E-state index contributed by atoms with van der Waals surface area (Å²) in [6, 6.07) is 6.86. The van der Waals surface area contributed by atoms with E-state index in [1.807, 2.05) is 23.1 Å². The average molecular weight is 355 g/mol. The first-order valence-corrected chi connectivity index (χ1v) is 9.26. The number of H-pyrrole nitrogens is 1. The number of methoxy groups -OCH3 is 1. The van der Waals surface area contributed by atoms with Crippen molar-refractivity contribution in [2.75, 3.05) is 20.2 Å². The van der Waals surface area contributed by atoms with Gasteiger partial charge in [0.05, 0.1) is 7.11 Å².